The number of primary amides is 1. The van der Waals surface area contributed by atoms with Crippen molar-refractivity contribution in [3.8, 4) is 5.75 Å². The smallest absolute Gasteiger partial charge is 0.217 e. The fraction of sp³-hybridized carbons (Fsp3) is 0.667. The molecule has 1 rings (SSSR count). The van der Waals surface area contributed by atoms with E-state index in [9.17, 15) is 9.90 Å². The maximum atomic E-state index is 11.0. The predicted molar refractivity (Wildman–Crippen MR) is 104 cm³/mol. The second-order valence-electron chi connectivity index (χ2n) is 9.24. The maximum absolute atomic E-state index is 11.0. The van der Waals surface area contributed by atoms with Gasteiger partial charge in [-0.3, -0.25) is 4.79 Å². The summed E-state index contributed by atoms with van der Waals surface area (Å²) in [4.78, 5) is 11.0. The van der Waals surface area contributed by atoms with Crippen molar-refractivity contribution in [2.45, 2.75) is 86.0 Å². The zero-order chi connectivity index (χ0) is 19.3. The summed E-state index contributed by atoms with van der Waals surface area (Å²) in [5.74, 6) is 0.903. The topological polar surface area (TPSA) is 63.3 Å². The van der Waals surface area contributed by atoms with Gasteiger partial charge in [-0.05, 0) is 39.9 Å². The molecule has 0 aromatic heterocycles. The number of rotatable bonds is 3. The summed E-state index contributed by atoms with van der Waals surface area (Å²) >= 11 is 0. The van der Waals surface area contributed by atoms with Crippen LogP contribution in [0, 0.1) is 5.92 Å². The monoisotopic (exact) mass is 335 g/mol. The normalized spacial score (nSPS) is 11.9. The molecule has 0 heterocycles. The Kier molecular flexibility index (Phi) is 8.01. The van der Waals surface area contributed by atoms with Crippen molar-refractivity contribution in [3.05, 3.63) is 28.8 Å². The molecule has 0 saturated heterocycles. The molecule has 24 heavy (non-hydrogen) atoms. The first-order chi connectivity index (χ1) is 10.7. The van der Waals surface area contributed by atoms with Crippen molar-refractivity contribution in [2.24, 2.45) is 11.7 Å². The van der Waals surface area contributed by atoms with E-state index in [4.69, 9.17) is 5.73 Å². The van der Waals surface area contributed by atoms with Gasteiger partial charge in [-0.1, -0.05) is 74.4 Å². The van der Waals surface area contributed by atoms with Crippen LogP contribution < -0.4 is 5.73 Å². The summed E-state index contributed by atoms with van der Waals surface area (Å²) in [7, 11) is 0. The highest BCUT2D eigenvalue weighted by Gasteiger charge is 2.26. The van der Waals surface area contributed by atoms with E-state index in [1.165, 1.54) is 0 Å². The predicted octanol–water partition coefficient (Wildman–Crippen LogP) is 5.07. The molecule has 0 saturated carbocycles. The molecule has 1 aromatic rings. The van der Waals surface area contributed by atoms with Gasteiger partial charge in [-0.15, -0.1) is 0 Å². The van der Waals surface area contributed by atoms with Gasteiger partial charge in [0.15, 0.2) is 0 Å². The van der Waals surface area contributed by atoms with Crippen molar-refractivity contribution in [3.63, 3.8) is 0 Å². The van der Waals surface area contributed by atoms with Gasteiger partial charge >= 0.3 is 0 Å². The highest BCUT2D eigenvalue weighted by molar-refractivity contribution is 5.74. The maximum Gasteiger partial charge on any atom is 0.217 e. The fourth-order valence-electron chi connectivity index (χ4n) is 2.25. The molecule has 1 amide bonds. The Morgan fingerprint density at radius 2 is 1.33 bits per heavy atom. The quantitative estimate of drug-likeness (QED) is 0.810. The lowest BCUT2D eigenvalue weighted by atomic mass is 9.78. The van der Waals surface area contributed by atoms with E-state index in [0.29, 0.717) is 18.6 Å². The number of aromatic hydroxyl groups is 1. The fourth-order valence-corrected chi connectivity index (χ4v) is 2.25. The van der Waals surface area contributed by atoms with Crippen LogP contribution in [0.15, 0.2) is 12.1 Å². The standard InChI is InChI=1S/C17H27NO2.C4H10/c1-16(2,3)12-9-11(7-8-14(18)19)10-13(15(12)20)17(4,5)6;1-4(2)3/h9-10,20H,7-8H2,1-6H3,(H2,18,19);4H,1-3H3. The zero-order valence-corrected chi connectivity index (χ0v) is 17.1. The number of nitrogens with two attached hydrogens (primary N) is 1. The van der Waals surface area contributed by atoms with E-state index >= 15 is 0 Å². The number of hydrogen-bond donors (Lipinski definition) is 2. The van der Waals surface area contributed by atoms with Gasteiger partial charge in [0.05, 0.1) is 0 Å². The van der Waals surface area contributed by atoms with E-state index in [2.05, 4.69) is 62.3 Å². The third-order valence-corrected chi connectivity index (χ3v) is 3.45. The molecule has 0 unspecified atom stereocenters. The summed E-state index contributed by atoms with van der Waals surface area (Å²) in [6.45, 7) is 19.0. The summed E-state index contributed by atoms with van der Waals surface area (Å²) < 4.78 is 0. The number of amides is 1. The largest absolute Gasteiger partial charge is 0.507 e. The van der Waals surface area contributed by atoms with Gasteiger partial charge in [-0.2, -0.15) is 0 Å². The van der Waals surface area contributed by atoms with E-state index in [0.717, 1.165) is 22.6 Å². The number of phenols is 1. The molecular weight excluding hydrogens is 298 g/mol. The van der Waals surface area contributed by atoms with Crippen LogP contribution in [0.5, 0.6) is 5.75 Å². The molecule has 138 valence electrons. The minimum Gasteiger partial charge on any atom is -0.507 e. The Hall–Kier alpha value is -1.51. The van der Waals surface area contributed by atoms with Crippen LogP contribution in [-0.4, -0.2) is 11.0 Å². The van der Waals surface area contributed by atoms with Crippen LogP contribution in [0.1, 0.15) is 85.4 Å². The molecule has 0 fully saturated rings. The molecular formula is C21H37NO2. The van der Waals surface area contributed by atoms with Crippen LogP contribution in [0.2, 0.25) is 0 Å². The third-order valence-electron chi connectivity index (χ3n) is 3.45. The Bertz CT molecular complexity index is 508. The number of carbonyl (C=O) groups is 1. The van der Waals surface area contributed by atoms with Crippen molar-refractivity contribution in [2.75, 3.05) is 0 Å². The van der Waals surface area contributed by atoms with Gasteiger partial charge < -0.3 is 10.8 Å². The van der Waals surface area contributed by atoms with Crippen LogP contribution in [0.4, 0.5) is 0 Å². The first-order valence-electron chi connectivity index (χ1n) is 8.81. The molecule has 0 aliphatic heterocycles. The van der Waals surface area contributed by atoms with E-state index in [1.54, 1.807) is 0 Å². The molecule has 0 spiro atoms. The van der Waals surface area contributed by atoms with E-state index in [1.807, 2.05) is 12.1 Å². The SMILES string of the molecule is CC(C)(C)c1cc(CCC(N)=O)cc(C(C)(C)C)c1O.CC(C)C. The number of carbonyl (C=O) groups excluding carboxylic acids is 1. The molecule has 3 nitrogen and oxygen atoms in total. The number of aryl methyl sites for hydroxylation is 1. The first-order valence-corrected chi connectivity index (χ1v) is 8.81. The molecule has 0 bridgehead atoms. The van der Waals surface area contributed by atoms with E-state index < -0.39 is 0 Å². The minimum atomic E-state index is -0.298. The molecule has 0 atom stereocenters. The average Bonchev–Trinajstić information content (AvgIpc) is 2.33. The second kappa shape index (κ2) is 8.55. The van der Waals surface area contributed by atoms with E-state index in [-0.39, 0.29) is 16.7 Å². The van der Waals surface area contributed by atoms with Crippen molar-refractivity contribution < 1.29 is 9.90 Å². The lowest BCUT2D eigenvalue weighted by molar-refractivity contribution is -0.117. The molecule has 0 aliphatic carbocycles. The average molecular weight is 336 g/mol. The van der Waals surface area contributed by atoms with Crippen molar-refractivity contribution in [1.82, 2.24) is 0 Å². The second-order valence-corrected chi connectivity index (χ2v) is 9.24. The van der Waals surface area contributed by atoms with Crippen LogP contribution in [0.25, 0.3) is 0 Å². The third kappa shape index (κ3) is 7.85. The Morgan fingerprint density at radius 3 is 1.58 bits per heavy atom. The lowest BCUT2D eigenvalue weighted by Crippen LogP contribution is -2.18. The summed E-state index contributed by atoms with van der Waals surface area (Å²) in [6.07, 6.45) is 0.944. The summed E-state index contributed by atoms with van der Waals surface area (Å²) in [5.41, 5.74) is 7.83. The summed E-state index contributed by atoms with van der Waals surface area (Å²) in [5, 5.41) is 10.6. The van der Waals surface area contributed by atoms with Gasteiger partial charge in [0.2, 0.25) is 5.91 Å². The van der Waals surface area contributed by atoms with Gasteiger partial charge in [0.1, 0.15) is 5.75 Å². The summed E-state index contributed by atoms with van der Waals surface area (Å²) in [6, 6.07) is 3.99. The van der Waals surface area contributed by atoms with Gasteiger partial charge in [-0.25, -0.2) is 0 Å². The first kappa shape index (κ1) is 22.5. The van der Waals surface area contributed by atoms with Crippen molar-refractivity contribution >= 4 is 5.91 Å². The van der Waals surface area contributed by atoms with Crippen LogP contribution in [0.3, 0.4) is 0 Å². The van der Waals surface area contributed by atoms with Crippen molar-refractivity contribution in [1.29, 1.82) is 0 Å². The van der Waals surface area contributed by atoms with Crippen LogP contribution in [-0.2, 0) is 22.0 Å². The highest BCUT2D eigenvalue weighted by Crippen LogP contribution is 2.39. The Labute approximate surface area is 148 Å². The molecule has 3 N–H and O–H groups in total. The molecule has 0 radical (unpaired) electrons. The zero-order valence-electron chi connectivity index (χ0n) is 17.1. The number of phenolic OH excluding ortho intramolecular Hbond substituents is 1. The molecule has 1 aromatic carbocycles. The number of hydrogen-bond acceptors (Lipinski definition) is 2. The molecule has 3 heteroatoms. The van der Waals surface area contributed by atoms with Crippen LogP contribution >= 0.6 is 0 Å². The molecule has 0 aliphatic rings. The van der Waals surface area contributed by atoms with Gasteiger partial charge in [0, 0.05) is 6.42 Å². The highest BCUT2D eigenvalue weighted by atomic mass is 16.3. The lowest BCUT2D eigenvalue weighted by Gasteiger charge is -2.28. The minimum absolute atomic E-state index is 0.146. The number of benzene rings is 1. The Morgan fingerprint density at radius 1 is 1.00 bits per heavy atom. The van der Waals surface area contributed by atoms with Gasteiger partial charge in [0.25, 0.3) is 0 Å². The Balaban J connectivity index is 0.00000118.